The molecule has 1 rings (SSSR count). The molecule has 0 radical (unpaired) electrons. The van der Waals surface area contributed by atoms with Crippen molar-refractivity contribution in [1.29, 1.82) is 0 Å². The van der Waals surface area contributed by atoms with E-state index >= 15 is 0 Å². The summed E-state index contributed by atoms with van der Waals surface area (Å²) < 4.78 is 0. The van der Waals surface area contributed by atoms with Crippen LogP contribution in [0.2, 0.25) is 0 Å². The summed E-state index contributed by atoms with van der Waals surface area (Å²) in [6.45, 7) is 6.48. The van der Waals surface area contributed by atoms with Gasteiger partial charge < -0.3 is 10.0 Å². The maximum Gasteiger partial charge on any atom is 0.0807 e. The molecule has 0 bridgehead atoms. The largest absolute Gasteiger partial charge is 0.388 e. The minimum Gasteiger partial charge on any atom is -0.388 e. The molecule has 1 atom stereocenters. The van der Waals surface area contributed by atoms with Crippen molar-refractivity contribution in [3.05, 3.63) is 42.5 Å². The second kappa shape index (κ2) is 5.56. The molecule has 0 aliphatic heterocycles. The average molecular weight is 205 g/mol. The van der Waals surface area contributed by atoms with Crippen molar-refractivity contribution < 1.29 is 5.11 Å². The predicted molar refractivity (Wildman–Crippen MR) is 65.2 cm³/mol. The summed E-state index contributed by atoms with van der Waals surface area (Å²) in [5.74, 6) is 0. The number of para-hydroxylation sites is 1. The SMILES string of the molecule is C=CCN(C)c1ccccc1C(O)CC. The molecule has 0 amide bonds. The maximum absolute atomic E-state index is 9.87. The number of aliphatic hydroxyl groups excluding tert-OH is 1. The van der Waals surface area contributed by atoms with Crippen LogP contribution in [-0.2, 0) is 0 Å². The van der Waals surface area contributed by atoms with E-state index in [4.69, 9.17) is 0 Å². The third-order valence-electron chi connectivity index (χ3n) is 2.50. The van der Waals surface area contributed by atoms with Crippen LogP contribution < -0.4 is 4.90 Å². The first-order valence-corrected chi connectivity index (χ1v) is 5.29. The zero-order valence-electron chi connectivity index (χ0n) is 9.48. The lowest BCUT2D eigenvalue weighted by Gasteiger charge is -2.22. The zero-order chi connectivity index (χ0) is 11.3. The summed E-state index contributed by atoms with van der Waals surface area (Å²) in [4.78, 5) is 2.08. The Morgan fingerprint density at radius 3 is 2.73 bits per heavy atom. The Hall–Kier alpha value is -1.28. The van der Waals surface area contributed by atoms with Crippen molar-refractivity contribution >= 4 is 5.69 Å². The molecule has 0 spiro atoms. The standard InChI is InChI=1S/C13H19NO/c1-4-10-14(3)12-9-7-6-8-11(12)13(15)5-2/h4,6-9,13,15H,1,5,10H2,2-3H3. The first-order valence-electron chi connectivity index (χ1n) is 5.29. The lowest BCUT2D eigenvalue weighted by Crippen LogP contribution is -2.19. The second-order valence-corrected chi connectivity index (χ2v) is 3.65. The molecule has 0 heterocycles. The Bertz CT molecular complexity index is 322. The van der Waals surface area contributed by atoms with Crippen molar-refractivity contribution in [2.75, 3.05) is 18.5 Å². The summed E-state index contributed by atoms with van der Waals surface area (Å²) in [6.07, 6.45) is 2.21. The summed E-state index contributed by atoms with van der Waals surface area (Å²) in [7, 11) is 2.00. The third-order valence-corrected chi connectivity index (χ3v) is 2.50. The fourth-order valence-corrected chi connectivity index (χ4v) is 1.63. The number of benzene rings is 1. The highest BCUT2D eigenvalue weighted by molar-refractivity contribution is 5.54. The molecule has 0 aliphatic carbocycles. The molecular formula is C13H19NO. The molecule has 1 unspecified atom stereocenters. The van der Waals surface area contributed by atoms with Crippen molar-refractivity contribution in [3.63, 3.8) is 0 Å². The van der Waals surface area contributed by atoms with Gasteiger partial charge in [0, 0.05) is 24.8 Å². The molecule has 1 N–H and O–H groups in total. The number of nitrogens with zero attached hydrogens (tertiary/aromatic N) is 1. The number of anilines is 1. The molecule has 0 aromatic heterocycles. The van der Waals surface area contributed by atoms with Crippen LogP contribution in [0, 0.1) is 0 Å². The second-order valence-electron chi connectivity index (χ2n) is 3.65. The molecule has 0 saturated heterocycles. The molecule has 1 aromatic rings. The van der Waals surface area contributed by atoms with Gasteiger partial charge in [-0.05, 0) is 12.5 Å². The van der Waals surface area contributed by atoms with Gasteiger partial charge in [-0.15, -0.1) is 6.58 Å². The molecule has 1 aromatic carbocycles. The molecule has 82 valence electrons. The Kier molecular flexibility index (Phi) is 4.37. The number of aliphatic hydroxyl groups is 1. The van der Waals surface area contributed by atoms with Crippen molar-refractivity contribution in [2.45, 2.75) is 19.4 Å². The van der Waals surface area contributed by atoms with E-state index < -0.39 is 0 Å². The van der Waals surface area contributed by atoms with Gasteiger partial charge in [-0.3, -0.25) is 0 Å². The van der Waals surface area contributed by atoms with E-state index in [-0.39, 0.29) is 6.10 Å². The maximum atomic E-state index is 9.87. The average Bonchev–Trinajstić information content (AvgIpc) is 2.28. The van der Waals surface area contributed by atoms with E-state index in [9.17, 15) is 5.11 Å². The van der Waals surface area contributed by atoms with Gasteiger partial charge >= 0.3 is 0 Å². The molecule has 0 fully saturated rings. The Morgan fingerprint density at radius 2 is 2.13 bits per heavy atom. The summed E-state index contributed by atoms with van der Waals surface area (Å²) in [5, 5.41) is 9.87. The van der Waals surface area contributed by atoms with E-state index in [1.54, 1.807) is 0 Å². The highest BCUT2D eigenvalue weighted by atomic mass is 16.3. The summed E-state index contributed by atoms with van der Waals surface area (Å²) in [5.41, 5.74) is 2.07. The Balaban J connectivity index is 2.99. The predicted octanol–water partition coefficient (Wildman–Crippen LogP) is 2.75. The van der Waals surface area contributed by atoms with Crippen LogP contribution in [-0.4, -0.2) is 18.7 Å². The normalized spacial score (nSPS) is 12.2. The van der Waals surface area contributed by atoms with Gasteiger partial charge in [0.1, 0.15) is 0 Å². The molecular weight excluding hydrogens is 186 g/mol. The molecule has 2 nitrogen and oxygen atoms in total. The van der Waals surface area contributed by atoms with Gasteiger partial charge in [-0.2, -0.15) is 0 Å². The van der Waals surface area contributed by atoms with E-state index in [1.165, 1.54) is 0 Å². The number of likely N-dealkylation sites (N-methyl/N-ethyl adjacent to an activating group) is 1. The Morgan fingerprint density at radius 1 is 1.47 bits per heavy atom. The number of hydrogen-bond acceptors (Lipinski definition) is 2. The fraction of sp³-hybridized carbons (Fsp3) is 0.385. The summed E-state index contributed by atoms with van der Waals surface area (Å²) >= 11 is 0. The van der Waals surface area contributed by atoms with Gasteiger partial charge in [0.2, 0.25) is 0 Å². The van der Waals surface area contributed by atoms with E-state index in [0.29, 0.717) is 0 Å². The first-order chi connectivity index (χ1) is 7.20. The molecule has 15 heavy (non-hydrogen) atoms. The highest BCUT2D eigenvalue weighted by Crippen LogP contribution is 2.27. The van der Waals surface area contributed by atoms with E-state index in [1.807, 2.05) is 44.3 Å². The fourth-order valence-electron chi connectivity index (χ4n) is 1.63. The first kappa shape index (κ1) is 11.8. The van der Waals surface area contributed by atoms with Gasteiger partial charge in [-0.25, -0.2) is 0 Å². The van der Waals surface area contributed by atoms with Crippen LogP contribution in [0.1, 0.15) is 25.0 Å². The topological polar surface area (TPSA) is 23.5 Å². The monoisotopic (exact) mass is 205 g/mol. The quantitative estimate of drug-likeness (QED) is 0.747. The molecule has 2 heteroatoms. The lowest BCUT2D eigenvalue weighted by atomic mass is 10.0. The smallest absolute Gasteiger partial charge is 0.0807 e. The van der Waals surface area contributed by atoms with Crippen molar-refractivity contribution in [1.82, 2.24) is 0 Å². The lowest BCUT2D eigenvalue weighted by molar-refractivity contribution is 0.174. The van der Waals surface area contributed by atoms with Crippen LogP contribution in [0.4, 0.5) is 5.69 Å². The molecule has 0 saturated carbocycles. The minimum absolute atomic E-state index is 0.381. The van der Waals surface area contributed by atoms with Crippen LogP contribution in [0.3, 0.4) is 0 Å². The van der Waals surface area contributed by atoms with Gasteiger partial charge in [0.25, 0.3) is 0 Å². The third kappa shape index (κ3) is 2.83. The number of rotatable bonds is 5. The van der Waals surface area contributed by atoms with Crippen LogP contribution in [0.5, 0.6) is 0 Å². The van der Waals surface area contributed by atoms with Crippen LogP contribution in [0.15, 0.2) is 36.9 Å². The minimum atomic E-state index is -0.381. The van der Waals surface area contributed by atoms with E-state index in [0.717, 1.165) is 24.2 Å². The molecule has 0 aliphatic rings. The Labute approximate surface area is 91.9 Å². The van der Waals surface area contributed by atoms with Gasteiger partial charge in [0.05, 0.1) is 6.10 Å². The van der Waals surface area contributed by atoms with Gasteiger partial charge in [0.15, 0.2) is 0 Å². The highest BCUT2D eigenvalue weighted by Gasteiger charge is 2.11. The number of hydrogen-bond donors (Lipinski definition) is 1. The summed E-state index contributed by atoms with van der Waals surface area (Å²) in [6, 6.07) is 7.95. The van der Waals surface area contributed by atoms with Crippen molar-refractivity contribution in [3.8, 4) is 0 Å². The van der Waals surface area contributed by atoms with E-state index in [2.05, 4.69) is 11.5 Å². The van der Waals surface area contributed by atoms with Crippen molar-refractivity contribution in [2.24, 2.45) is 0 Å². The van der Waals surface area contributed by atoms with Crippen LogP contribution in [0.25, 0.3) is 0 Å². The van der Waals surface area contributed by atoms with Crippen LogP contribution >= 0.6 is 0 Å². The van der Waals surface area contributed by atoms with Gasteiger partial charge in [-0.1, -0.05) is 31.2 Å². The zero-order valence-corrected chi connectivity index (χ0v) is 9.48.